The van der Waals surface area contributed by atoms with Crippen molar-refractivity contribution >= 4 is 39.3 Å². The molecule has 2 rings (SSSR count). The van der Waals surface area contributed by atoms with E-state index in [1.54, 1.807) is 30.3 Å². The summed E-state index contributed by atoms with van der Waals surface area (Å²) in [6.45, 7) is 0. The van der Waals surface area contributed by atoms with Gasteiger partial charge in [-0.1, -0.05) is 18.2 Å². The lowest BCUT2D eigenvalue weighted by Gasteiger charge is -2.12. The molecule has 0 saturated carbocycles. The molecule has 0 aliphatic heterocycles. The lowest BCUT2D eigenvalue weighted by Crippen LogP contribution is -2.22. The van der Waals surface area contributed by atoms with Crippen LogP contribution < -0.4 is 5.32 Å². The summed E-state index contributed by atoms with van der Waals surface area (Å²) in [6, 6.07) is 12.4. The van der Waals surface area contributed by atoms with Gasteiger partial charge in [-0.25, -0.2) is 17.5 Å². The number of thioether (sulfide) groups is 1. The average molecular weight is 394 g/mol. The molecule has 0 radical (unpaired) electrons. The second-order valence-corrected chi connectivity index (χ2v) is 8.62. The molecule has 0 atom stereocenters. The van der Waals surface area contributed by atoms with Crippen LogP contribution in [0.1, 0.15) is 10.4 Å². The molecule has 2 N–H and O–H groups in total. The number of amides is 1. The summed E-state index contributed by atoms with van der Waals surface area (Å²) in [5, 5.41) is 11.8. The topological polar surface area (TPSA) is 104 Å². The summed E-state index contributed by atoms with van der Waals surface area (Å²) >= 11 is 1.10. The van der Waals surface area contributed by atoms with Crippen LogP contribution in [0.3, 0.4) is 0 Å². The number of carboxylic acid groups (broad SMARTS) is 1. The second-order valence-electron chi connectivity index (χ2n) is 5.45. The first-order chi connectivity index (χ1) is 12.2. The number of nitrogens with zero attached hydrogens (tertiary/aromatic N) is 1. The van der Waals surface area contributed by atoms with Crippen LogP contribution in [0.4, 0.5) is 5.69 Å². The highest BCUT2D eigenvalue weighted by atomic mass is 32.2. The number of nitrogens with one attached hydrogen (secondary N) is 1. The van der Waals surface area contributed by atoms with Gasteiger partial charge in [-0.2, -0.15) is 0 Å². The second kappa shape index (κ2) is 8.35. The third-order valence-corrected chi connectivity index (χ3v) is 6.26. The van der Waals surface area contributed by atoms with Crippen molar-refractivity contribution in [1.29, 1.82) is 0 Å². The molecule has 0 unspecified atom stereocenters. The molecule has 0 spiro atoms. The summed E-state index contributed by atoms with van der Waals surface area (Å²) in [6.07, 6.45) is 0. The number of benzene rings is 2. The third kappa shape index (κ3) is 4.84. The van der Waals surface area contributed by atoms with Crippen molar-refractivity contribution in [3.05, 3.63) is 54.1 Å². The van der Waals surface area contributed by atoms with Gasteiger partial charge in [-0.05, 0) is 30.3 Å². The van der Waals surface area contributed by atoms with E-state index in [9.17, 15) is 18.0 Å². The van der Waals surface area contributed by atoms with Crippen LogP contribution in [-0.4, -0.2) is 49.6 Å². The lowest BCUT2D eigenvalue weighted by molar-refractivity contribution is -0.113. The lowest BCUT2D eigenvalue weighted by atomic mass is 10.2. The van der Waals surface area contributed by atoms with E-state index in [-0.39, 0.29) is 22.1 Å². The summed E-state index contributed by atoms with van der Waals surface area (Å²) in [5.41, 5.74) is 0.481. The van der Waals surface area contributed by atoms with E-state index in [0.29, 0.717) is 10.6 Å². The molecule has 0 saturated heterocycles. The van der Waals surface area contributed by atoms with Crippen molar-refractivity contribution in [2.24, 2.45) is 0 Å². The molecule has 26 heavy (non-hydrogen) atoms. The summed E-state index contributed by atoms with van der Waals surface area (Å²) in [4.78, 5) is 23.9. The highest BCUT2D eigenvalue weighted by molar-refractivity contribution is 8.00. The molecule has 7 nitrogen and oxygen atoms in total. The van der Waals surface area contributed by atoms with Gasteiger partial charge in [0.25, 0.3) is 0 Å². The van der Waals surface area contributed by atoms with E-state index in [1.165, 1.54) is 32.3 Å². The zero-order valence-corrected chi connectivity index (χ0v) is 15.8. The third-order valence-electron chi connectivity index (χ3n) is 3.37. The van der Waals surface area contributed by atoms with Gasteiger partial charge in [-0.15, -0.1) is 11.8 Å². The first-order valence-electron chi connectivity index (χ1n) is 7.49. The highest BCUT2D eigenvalue weighted by Gasteiger charge is 2.18. The maximum atomic E-state index is 12.1. The Kier molecular flexibility index (Phi) is 6.41. The molecule has 138 valence electrons. The molecule has 1 amide bonds. The van der Waals surface area contributed by atoms with E-state index in [1.807, 2.05) is 0 Å². The zero-order chi connectivity index (χ0) is 19.3. The number of anilines is 1. The fourth-order valence-electron chi connectivity index (χ4n) is 2.05. The van der Waals surface area contributed by atoms with Gasteiger partial charge >= 0.3 is 5.97 Å². The number of carbonyl (C=O) groups excluding carboxylic acids is 1. The summed E-state index contributed by atoms with van der Waals surface area (Å²) in [7, 11) is -0.739. The Labute approximate surface area is 156 Å². The molecular weight excluding hydrogens is 376 g/mol. The Morgan fingerprint density at radius 3 is 2.46 bits per heavy atom. The number of hydrogen-bond acceptors (Lipinski definition) is 5. The Bertz CT molecular complexity index is 926. The van der Waals surface area contributed by atoms with Crippen LogP contribution in [0, 0.1) is 0 Å². The zero-order valence-electron chi connectivity index (χ0n) is 14.2. The quantitative estimate of drug-likeness (QED) is 0.699. The van der Waals surface area contributed by atoms with Crippen LogP contribution in [0.15, 0.2) is 58.3 Å². The van der Waals surface area contributed by atoms with Crippen molar-refractivity contribution in [3.8, 4) is 0 Å². The predicted molar refractivity (Wildman–Crippen MR) is 100 cm³/mol. The van der Waals surface area contributed by atoms with Crippen molar-refractivity contribution in [1.82, 2.24) is 4.31 Å². The van der Waals surface area contributed by atoms with Crippen LogP contribution in [0.25, 0.3) is 0 Å². The normalized spacial score (nSPS) is 11.3. The Hall–Kier alpha value is -2.36. The van der Waals surface area contributed by atoms with E-state index in [4.69, 9.17) is 5.11 Å². The van der Waals surface area contributed by atoms with Gasteiger partial charge in [0, 0.05) is 24.7 Å². The number of carbonyl (C=O) groups is 2. The number of carboxylic acids is 1. The van der Waals surface area contributed by atoms with Gasteiger partial charge in [0.1, 0.15) is 0 Å². The van der Waals surface area contributed by atoms with Crippen molar-refractivity contribution in [2.75, 3.05) is 25.2 Å². The molecule has 2 aromatic carbocycles. The fourth-order valence-corrected chi connectivity index (χ4v) is 3.85. The van der Waals surface area contributed by atoms with Crippen molar-refractivity contribution in [3.63, 3.8) is 0 Å². The van der Waals surface area contributed by atoms with Gasteiger partial charge in [0.05, 0.1) is 16.2 Å². The summed E-state index contributed by atoms with van der Waals surface area (Å²) in [5.74, 6) is -1.43. The van der Waals surface area contributed by atoms with E-state index in [2.05, 4.69) is 5.32 Å². The molecular formula is C17H18N2O5S2. The monoisotopic (exact) mass is 394 g/mol. The fraction of sp³-hybridized carbons (Fsp3) is 0.176. The minimum absolute atomic E-state index is 0.00501. The minimum atomic E-state index is -3.59. The predicted octanol–water partition coefficient (Wildman–Crippen LogP) is 2.37. The van der Waals surface area contributed by atoms with Crippen LogP contribution in [0.5, 0.6) is 0 Å². The van der Waals surface area contributed by atoms with Gasteiger partial charge in [0.15, 0.2) is 0 Å². The summed E-state index contributed by atoms with van der Waals surface area (Å²) < 4.78 is 25.4. The van der Waals surface area contributed by atoms with Crippen molar-refractivity contribution < 1.29 is 23.1 Å². The molecule has 0 bridgehead atoms. The maximum Gasteiger partial charge on any atom is 0.336 e. The SMILES string of the molecule is CN(C)S(=O)(=O)c1cccc(NC(=O)CSc2ccccc2C(=O)O)c1. The molecule has 0 fully saturated rings. The molecule has 0 heterocycles. The Morgan fingerprint density at radius 2 is 1.81 bits per heavy atom. The highest BCUT2D eigenvalue weighted by Crippen LogP contribution is 2.23. The average Bonchev–Trinajstić information content (AvgIpc) is 2.60. The van der Waals surface area contributed by atoms with Gasteiger partial charge < -0.3 is 10.4 Å². The van der Waals surface area contributed by atoms with Crippen LogP contribution in [-0.2, 0) is 14.8 Å². The molecule has 0 aliphatic rings. The standard InChI is InChI=1S/C17H18N2O5S2/c1-19(2)26(23,24)13-7-5-6-12(10-13)18-16(20)11-25-15-9-4-3-8-14(15)17(21)22/h3-10H,11H2,1-2H3,(H,18,20)(H,21,22). The number of rotatable bonds is 7. The number of hydrogen-bond donors (Lipinski definition) is 2. The molecule has 9 heteroatoms. The first kappa shape index (κ1) is 20.0. The van der Waals surface area contributed by atoms with E-state index < -0.39 is 16.0 Å². The Morgan fingerprint density at radius 1 is 1.12 bits per heavy atom. The van der Waals surface area contributed by atoms with Gasteiger partial charge in [-0.3, -0.25) is 4.79 Å². The van der Waals surface area contributed by atoms with E-state index >= 15 is 0 Å². The smallest absolute Gasteiger partial charge is 0.336 e. The number of aromatic carboxylic acids is 1. The van der Waals surface area contributed by atoms with Gasteiger partial charge in [0.2, 0.25) is 15.9 Å². The minimum Gasteiger partial charge on any atom is -0.478 e. The molecule has 0 aromatic heterocycles. The Balaban J connectivity index is 2.07. The van der Waals surface area contributed by atoms with E-state index in [0.717, 1.165) is 16.1 Å². The van der Waals surface area contributed by atoms with Crippen molar-refractivity contribution in [2.45, 2.75) is 9.79 Å². The molecule has 2 aromatic rings. The largest absolute Gasteiger partial charge is 0.478 e. The van der Waals surface area contributed by atoms with Crippen LogP contribution >= 0.6 is 11.8 Å². The first-order valence-corrected chi connectivity index (χ1v) is 9.92. The maximum absolute atomic E-state index is 12.1. The molecule has 0 aliphatic carbocycles. The number of sulfonamides is 1. The van der Waals surface area contributed by atoms with Crippen LogP contribution in [0.2, 0.25) is 0 Å².